The first-order valence-electron chi connectivity index (χ1n) is 6.65. The maximum absolute atomic E-state index is 12.6. The van der Waals surface area contributed by atoms with Gasteiger partial charge < -0.3 is 10.1 Å². The summed E-state index contributed by atoms with van der Waals surface area (Å²) in [5.41, 5.74) is -0.440. The van der Waals surface area contributed by atoms with Crippen LogP contribution in [0.25, 0.3) is 0 Å². The molecular weight excluding hydrogens is 283 g/mol. The molecule has 1 N–H and O–H groups in total. The molecule has 21 heavy (non-hydrogen) atoms. The zero-order valence-corrected chi connectivity index (χ0v) is 12.0. The first kappa shape index (κ1) is 17.1. The highest BCUT2D eigenvalue weighted by Gasteiger charge is 2.33. The fraction of sp³-hybridized carbons (Fsp3) is 0.571. The van der Waals surface area contributed by atoms with Crippen molar-refractivity contribution < 1.29 is 17.9 Å². The molecule has 4 nitrogen and oxygen atoms in total. The summed E-state index contributed by atoms with van der Waals surface area (Å²) in [6.07, 6.45) is -0.604. The SMILES string of the molecule is CC#N.CNc1ccc(C(F)(F)F)nc1OC1CCCC1. The average Bonchev–Trinajstić information content (AvgIpc) is 2.91. The van der Waals surface area contributed by atoms with Gasteiger partial charge in [-0.3, -0.25) is 0 Å². The first-order valence-corrected chi connectivity index (χ1v) is 6.65. The van der Waals surface area contributed by atoms with E-state index in [-0.39, 0.29) is 12.0 Å². The van der Waals surface area contributed by atoms with E-state index in [2.05, 4.69) is 10.3 Å². The van der Waals surface area contributed by atoms with Gasteiger partial charge in [-0.1, -0.05) is 0 Å². The lowest BCUT2D eigenvalue weighted by Crippen LogP contribution is -2.15. The second kappa shape index (κ2) is 7.72. The van der Waals surface area contributed by atoms with Gasteiger partial charge in [-0.05, 0) is 37.8 Å². The summed E-state index contributed by atoms with van der Waals surface area (Å²) in [7, 11) is 1.63. The largest absolute Gasteiger partial charge is 0.473 e. The molecule has 0 spiro atoms. The molecule has 0 unspecified atom stereocenters. The minimum atomic E-state index is -4.44. The average molecular weight is 301 g/mol. The number of halogens is 3. The molecular formula is C14H18F3N3O. The van der Waals surface area contributed by atoms with Gasteiger partial charge >= 0.3 is 6.18 Å². The first-order chi connectivity index (χ1) is 9.92. The van der Waals surface area contributed by atoms with Crippen molar-refractivity contribution in [2.24, 2.45) is 0 Å². The predicted molar refractivity (Wildman–Crippen MR) is 73.0 cm³/mol. The van der Waals surface area contributed by atoms with Gasteiger partial charge in [0.15, 0.2) is 0 Å². The Hall–Kier alpha value is -1.97. The van der Waals surface area contributed by atoms with Crippen molar-refractivity contribution in [3.05, 3.63) is 17.8 Å². The number of anilines is 1. The van der Waals surface area contributed by atoms with Gasteiger partial charge in [0.05, 0.1) is 11.8 Å². The lowest BCUT2D eigenvalue weighted by atomic mass is 10.3. The van der Waals surface area contributed by atoms with Gasteiger partial charge in [0.25, 0.3) is 0 Å². The standard InChI is InChI=1S/C12H15F3N2O.C2H3N/c1-16-9-6-7-10(12(13,14)15)17-11(9)18-8-4-2-3-5-8;1-2-3/h6-8,16H,2-5H2,1H3;1H3. The third-order valence-corrected chi connectivity index (χ3v) is 3.00. The molecule has 1 heterocycles. The minimum absolute atomic E-state index is 0.0203. The van der Waals surface area contributed by atoms with Gasteiger partial charge in [-0.25, -0.2) is 4.98 Å². The molecule has 1 aliphatic rings. The van der Waals surface area contributed by atoms with Crippen molar-refractivity contribution in [2.45, 2.75) is 44.9 Å². The van der Waals surface area contributed by atoms with Crippen LogP contribution in [0.3, 0.4) is 0 Å². The fourth-order valence-corrected chi connectivity index (χ4v) is 2.04. The molecule has 0 atom stereocenters. The van der Waals surface area contributed by atoms with Crippen LogP contribution in [0.2, 0.25) is 0 Å². The van der Waals surface area contributed by atoms with Crippen LogP contribution >= 0.6 is 0 Å². The normalized spacial score (nSPS) is 14.9. The zero-order chi connectivity index (χ0) is 15.9. The molecule has 1 fully saturated rings. The molecule has 0 aromatic carbocycles. The monoisotopic (exact) mass is 301 g/mol. The Bertz CT molecular complexity index is 491. The lowest BCUT2D eigenvalue weighted by Gasteiger charge is -2.16. The highest BCUT2D eigenvalue weighted by Crippen LogP contribution is 2.33. The number of hydrogen-bond acceptors (Lipinski definition) is 4. The van der Waals surface area contributed by atoms with Crippen molar-refractivity contribution in [1.82, 2.24) is 4.98 Å². The highest BCUT2D eigenvalue weighted by atomic mass is 19.4. The summed E-state index contributed by atoms with van der Waals surface area (Å²) in [5.74, 6) is 0.0409. The number of nitrogens with one attached hydrogen (secondary N) is 1. The second-order valence-electron chi connectivity index (χ2n) is 4.54. The van der Waals surface area contributed by atoms with Gasteiger partial charge in [-0.2, -0.15) is 18.4 Å². The Morgan fingerprint density at radius 2 is 1.90 bits per heavy atom. The van der Waals surface area contributed by atoms with Crippen molar-refractivity contribution in [2.75, 3.05) is 12.4 Å². The number of pyridine rings is 1. The van der Waals surface area contributed by atoms with E-state index in [1.165, 1.54) is 13.0 Å². The van der Waals surface area contributed by atoms with Gasteiger partial charge in [0, 0.05) is 14.0 Å². The molecule has 0 saturated heterocycles. The molecule has 116 valence electrons. The molecule has 2 rings (SSSR count). The number of hydrogen-bond donors (Lipinski definition) is 1. The predicted octanol–water partition coefficient (Wildman–Crippen LogP) is 3.99. The van der Waals surface area contributed by atoms with Gasteiger partial charge in [0.1, 0.15) is 11.8 Å². The molecule has 1 aromatic heterocycles. The van der Waals surface area contributed by atoms with Gasteiger partial charge in [-0.15, -0.1) is 0 Å². The van der Waals surface area contributed by atoms with Crippen molar-refractivity contribution in [3.8, 4) is 11.9 Å². The third kappa shape index (κ3) is 5.14. The van der Waals surface area contributed by atoms with Crippen LogP contribution in [-0.4, -0.2) is 18.1 Å². The molecule has 0 radical (unpaired) electrons. The highest BCUT2D eigenvalue weighted by molar-refractivity contribution is 5.52. The molecule has 1 aliphatic carbocycles. The van der Waals surface area contributed by atoms with E-state index in [4.69, 9.17) is 10.00 Å². The van der Waals surface area contributed by atoms with E-state index < -0.39 is 11.9 Å². The van der Waals surface area contributed by atoms with E-state index in [0.29, 0.717) is 5.69 Å². The number of aromatic nitrogens is 1. The second-order valence-corrected chi connectivity index (χ2v) is 4.54. The topological polar surface area (TPSA) is 57.9 Å². The van der Waals surface area contributed by atoms with Crippen LogP contribution in [0.5, 0.6) is 5.88 Å². The summed E-state index contributed by atoms with van der Waals surface area (Å²) in [4.78, 5) is 3.57. The van der Waals surface area contributed by atoms with E-state index in [1.807, 2.05) is 0 Å². The maximum Gasteiger partial charge on any atom is 0.433 e. The number of rotatable bonds is 3. The van der Waals surface area contributed by atoms with Crippen LogP contribution in [0, 0.1) is 11.3 Å². The van der Waals surface area contributed by atoms with Crippen LogP contribution in [0.1, 0.15) is 38.3 Å². The van der Waals surface area contributed by atoms with Crippen LogP contribution < -0.4 is 10.1 Å². The molecule has 1 saturated carbocycles. The van der Waals surface area contributed by atoms with Crippen molar-refractivity contribution in [1.29, 1.82) is 5.26 Å². The zero-order valence-electron chi connectivity index (χ0n) is 12.0. The van der Waals surface area contributed by atoms with E-state index >= 15 is 0 Å². The molecule has 1 aromatic rings. The molecule has 0 amide bonds. The number of nitrogens with zero attached hydrogens (tertiary/aromatic N) is 2. The fourth-order valence-electron chi connectivity index (χ4n) is 2.04. The van der Waals surface area contributed by atoms with Gasteiger partial charge in [0.2, 0.25) is 5.88 Å². The summed E-state index contributed by atoms with van der Waals surface area (Å²) in [6.45, 7) is 1.43. The number of ether oxygens (including phenoxy) is 1. The quantitative estimate of drug-likeness (QED) is 0.917. The van der Waals surface area contributed by atoms with Crippen LogP contribution in [0.4, 0.5) is 18.9 Å². The smallest absolute Gasteiger partial charge is 0.433 e. The minimum Gasteiger partial charge on any atom is -0.473 e. The summed E-state index contributed by atoms with van der Waals surface area (Å²) in [5, 5.41) is 10.1. The maximum atomic E-state index is 12.6. The Labute approximate surface area is 121 Å². The Kier molecular flexibility index (Phi) is 6.28. The van der Waals surface area contributed by atoms with Crippen LogP contribution in [-0.2, 0) is 6.18 Å². The Balaban J connectivity index is 0.000000677. The molecule has 0 bridgehead atoms. The van der Waals surface area contributed by atoms with Crippen molar-refractivity contribution in [3.63, 3.8) is 0 Å². The van der Waals surface area contributed by atoms with E-state index in [9.17, 15) is 13.2 Å². The van der Waals surface area contributed by atoms with Crippen molar-refractivity contribution >= 4 is 5.69 Å². The summed E-state index contributed by atoms with van der Waals surface area (Å²) >= 11 is 0. The Morgan fingerprint density at radius 1 is 1.33 bits per heavy atom. The molecule has 7 heteroatoms. The molecule has 0 aliphatic heterocycles. The van der Waals surface area contributed by atoms with E-state index in [0.717, 1.165) is 31.7 Å². The lowest BCUT2D eigenvalue weighted by molar-refractivity contribution is -0.141. The van der Waals surface area contributed by atoms with E-state index in [1.54, 1.807) is 13.1 Å². The summed E-state index contributed by atoms with van der Waals surface area (Å²) in [6, 6.07) is 4.05. The van der Waals surface area contributed by atoms with Crippen LogP contribution in [0.15, 0.2) is 12.1 Å². The summed E-state index contributed by atoms with van der Waals surface area (Å²) < 4.78 is 43.3. The number of alkyl halides is 3. The third-order valence-electron chi connectivity index (χ3n) is 3.00. The Morgan fingerprint density at radius 3 is 2.38 bits per heavy atom. The number of nitriles is 1.